The molecule has 4 nitrogen and oxygen atoms in total. The van der Waals surface area contributed by atoms with Crippen LogP contribution in [0.3, 0.4) is 0 Å². The molecule has 0 radical (unpaired) electrons. The Labute approximate surface area is 155 Å². The van der Waals surface area contributed by atoms with Crippen molar-refractivity contribution in [3.05, 3.63) is 0 Å². The molecule has 31 heavy (non-hydrogen) atoms. The molecular formula is C8HF18O4P. The van der Waals surface area contributed by atoms with Crippen LogP contribution in [0.1, 0.15) is 0 Å². The highest BCUT2D eigenvalue weighted by molar-refractivity contribution is 7.47. The van der Waals surface area contributed by atoms with Crippen LogP contribution >= 0.6 is 7.82 Å². The van der Waals surface area contributed by atoms with Gasteiger partial charge in [0.1, 0.15) is 0 Å². The summed E-state index contributed by atoms with van der Waals surface area (Å²) in [5.74, 6) is -33.7. The Hall–Kier alpha value is -1.15. The third-order valence-electron chi connectivity index (χ3n) is 2.71. The van der Waals surface area contributed by atoms with Gasteiger partial charge in [0.2, 0.25) is 0 Å². The van der Waals surface area contributed by atoms with Gasteiger partial charge in [-0.05, 0) is 0 Å². The minimum Gasteiger partial charge on any atom is -0.302 e. The van der Waals surface area contributed by atoms with Crippen molar-refractivity contribution in [3.63, 3.8) is 0 Å². The third-order valence-corrected chi connectivity index (χ3v) is 3.66. The molecule has 0 heterocycles. The summed E-state index contributed by atoms with van der Waals surface area (Å²) in [4.78, 5) is 8.31. The Morgan fingerprint density at radius 2 is 0.839 bits per heavy atom. The molecule has 188 valence electrons. The Bertz CT molecular complexity index is 705. The SMILES string of the molecule is O=P(O)(OC(F)(F)C(F)(F)F)OC(F)(C(F)(F)F)C(F)(F)C(F)(F)C(F)(F)C(F)(F)F. The molecule has 1 N–H and O–H groups in total. The predicted molar refractivity (Wildman–Crippen MR) is 53.8 cm³/mol. The van der Waals surface area contributed by atoms with E-state index >= 15 is 0 Å². The van der Waals surface area contributed by atoms with Crippen molar-refractivity contribution in [2.75, 3.05) is 0 Å². The highest BCUT2D eigenvalue weighted by Crippen LogP contribution is 2.65. The lowest BCUT2D eigenvalue weighted by molar-refractivity contribution is -0.462. The fraction of sp³-hybridized carbons (Fsp3) is 1.00. The number of alkyl halides is 18. The van der Waals surface area contributed by atoms with Crippen LogP contribution in [0.25, 0.3) is 0 Å². The number of hydrogen-bond donors (Lipinski definition) is 1. The largest absolute Gasteiger partial charge is 0.483 e. The standard InChI is InChI=1S/C8HF18O4P/c9-1(10,3(13,14)5(16,17)18)2(11,12)4(15,6(19,20)21)29-31(27,28)30-8(25,26)7(22,23)24/h(H,27,28). The summed E-state index contributed by atoms with van der Waals surface area (Å²) in [7, 11) is -8.29. The Morgan fingerprint density at radius 3 is 1.10 bits per heavy atom. The summed E-state index contributed by atoms with van der Waals surface area (Å²) in [5.41, 5.74) is 0. The highest BCUT2D eigenvalue weighted by Gasteiger charge is 2.92. The second-order valence-electron chi connectivity index (χ2n) is 4.98. The average Bonchev–Trinajstić information content (AvgIpc) is 2.40. The number of hydrogen-bond acceptors (Lipinski definition) is 3. The van der Waals surface area contributed by atoms with Crippen LogP contribution in [0.15, 0.2) is 0 Å². The summed E-state index contributed by atoms with van der Waals surface area (Å²) < 4.78 is 239. The molecule has 0 aromatic carbocycles. The molecule has 0 aliphatic heterocycles. The van der Waals surface area contributed by atoms with Crippen molar-refractivity contribution in [2.45, 2.75) is 48.3 Å². The molecule has 0 bridgehead atoms. The molecule has 0 saturated carbocycles. The van der Waals surface area contributed by atoms with Gasteiger partial charge in [0, 0.05) is 0 Å². The Kier molecular flexibility index (Phi) is 7.16. The van der Waals surface area contributed by atoms with Crippen LogP contribution in [-0.2, 0) is 13.6 Å². The van der Waals surface area contributed by atoms with Crippen LogP contribution in [0, 0.1) is 0 Å². The highest BCUT2D eigenvalue weighted by atomic mass is 31.2. The summed E-state index contributed by atoms with van der Waals surface area (Å²) in [6.07, 6.45) is -30.2. The summed E-state index contributed by atoms with van der Waals surface area (Å²) in [6, 6.07) is 0. The fourth-order valence-corrected chi connectivity index (χ4v) is 2.21. The van der Waals surface area contributed by atoms with Gasteiger partial charge in [-0.25, -0.2) is 13.6 Å². The summed E-state index contributed by atoms with van der Waals surface area (Å²) >= 11 is 0. The van der Waals surface area contributed by atoms with E-state index in [1.165, 1.54) is 0 Å². The van der Waals surface area contributed by atoms with Crippen molar-refractivity contribution in [2.24, 2.45) is 0 Å². The Balaban J connectivity index is 6.68. The van der Waals surface area contributed by atoms with Crippen LogP contribution in [0.4, 0.5) is 79.0 Å². The normalized spacial score (nSPS) is 19.7. The molecule has 0 saturated heterocycles. The van der Waals surface area contributed by atoms with Gasteiger partial charge >= 0.3 is 56.1 Å². The first-order valence-electron chi connectivity index (χ1n) is 6.06. The van der Waals surface area contributed by atoms with Gasteiger partial charge in [-0.1, -0.05) is 0 Å². The smallest absolute Gasteiger partial charge is 0.302 e. The summed E-state index contributed by atoms with van der Waals surface area (Å²) in [6.45, 7) is 0. The molecule has 0 amide bonds. The van der Waals surface area contributed by atoms with Crippen molar-refractivity contribution >= 4 is 7.82 Å². The maximum atomic E-state index is 13.6. The molecule has 0 aliphatic rings. The lowest BCUT2D eigenvalue weighted by Gasteiger charge is -2.41. The number of phosphoric acid groups is 1. The molecule has 2 atom stereocenters. The second-order valence-corrected chi connectivity index (χ2v) is 6.28. The molecule has 23 heteroatoms. The zero-order valence-electron chi connectivity index (χ0n) is 12.9. The van der Waals surface area contributed by atoms with E-state index in [4.69, 9.17) is 4.89 Å². The second kappa shape index (κ2) is 7.44. The van der Waals surface area contributed by atoms with Crippen molar-refractivity contribution in [3.8, 4) is 0 Å². The monoisotopic (exact) mass is 534 g/mol. The zero-order valence-corrected chi connectivity index (χ0v) is 13.8. The molecular weight excluding hydrogens is 533 g/mol. The first kappa shape index (κ1) is 29.8. The van der Waals surface area contributed by atoms with Crippen LogP contribution < -0.4 is 0 Å². The van der Waals surface area contributed by atoms with Gasteiger partial charge in [0.25, 0.3) is 0 Å². The fourth-order valence-electron chi connectivity index (χ4n) is 1.24. The van der Waals surface area contributed by atoms with Crippen molar-refractivity contribution in [1.29, 1.82) is 0 Å². The zero-order chi connectivity index (χ0) is 25.9. The first-order chi connectivity index (χ1) is 12.9. The van der Waals surface area contributed by atoms with Gasteiger partial charge in [-0.15, -0.1) is 0 Å². The van der Waals surface area contributed by atoms with Crippen molar-refractivity contribution < 1.29 is 97.5 Å². The summed E-state index contributed by atoms with van der Waals surface area (Å²) in [5, 5.41) is 0. The van der Waals surface area contributed by atoms with Gasteiger partial charge in [-0.2, -0.15) is 79.0 Å². The quantitative estimate of drug-likeness (QED) is 0.323. The number of rotatable bonds is 7. The van der Waals surface area contributed by atoms with E-state index in [-0.39, 0.29) is 0 Å². The molecule has 0 aliphatic carbocycles. The Morgan fingerprint density at radius 1 is 0.484 bits per heavy atom. The van der Waals surface area contributed by atoms with Gasteiger partial charge in [0.15, 0.2) is 0 Å². The average molecular weight is 534 g/mol. The minimum absolute atomic E-state index is 1.57. The predicted octanol–water partition coefficient (Wildman–Crippen LogP) is 5.97. The van der Waals surface area contributed by atoms with E-state index in [1.807, 2.05) is 0 Å². The van der Waals surface area contributed by atoms with Gasteiger partial charge < -0.3 is 4.89 Å². The van der Waals surface area contributed by atoms with E-state index in [9.17, 15) is 83.6 Å². The van der Waals surface area contributed by atoms with E-state index in [1.54, 1.807) is 9.05 Å². The molecule has 0 aromatic heterocycles. The minimum atomic E-state index is -8.62. The van der Waals surface area contributed by atoms with Crippen LogP contribution in [0.5, 0.6) is 0 Å². The maximum absolute atomic E-state index is 13.6. The topological polar surface area (TPSA) is 55.8 Å². The maximum Gasteiger partial charge on any atom is 0.483 e. The van der Waals surface area contributed by atoms with Gasteiger partial charge in [0.05, 0.1) is 0 Å². The number of halogens is 18. The molecule has 0 fully saturated rings. The van der Waals surface area contributed by atoms with E-state index in [0.717, 1.165) is 0 Å². The molecule has 2 unspecified atom stereocenters. The third kappa shape index (κ3) is 4.95. The number of phosphoric ester groups is 1. The lowest BCUT2D eigenvalue weighted by atomic mass is 9.97. The van der Waals surface area contributed by atoms with Crippen LogP contribution in [-0.4, -0.2) is 53.2 Å². The molecule has 0 spiro atoms. The van der Waals surface area contributed by atoms with E-state index in [2.05, 4.69) is 0 Å². The lowest BCUT2D eigenvalue weighted by Crippen LogP contribution is -2.71. The molecule has 0 aromatic rings. The first-order valence-corrected chi connectivity index (χ1v) is 7.55. The van der Waals surface area contributed by atoms with Crippen LogP contribution in [0.2, 0.25) is 0 Å². The van der Waals surface area contributed by atoms with E-state index in [0.29, 0.717) is 0 Å². The van der Waals surface area contributed by atoms with Gasteiger partial charge in [-0.3, -0.25) is 0 Å². The van der Waals surface area contributed by atoms with E-state index < -0.39 is 56.1 Å². The molecule has 0 rings (SSSR count). The van der Waals surface area contributed by atoms with Crippen molar-refractivity contribution in [1.82, 2.24) is 0 Å².